The van der Waals surface area contributed by atoms with Crippen LogP contribution in [0.4, 0.5) is 0 Å². The molecule has 2 aliphatic rings. The monoisotopic (exact) mass is 377 g/mol. The molecule has 2 amide bonds. The number of aromatic nitrogens is 1. The smallest absolute Gasteiger partial charge is 0.278 e. The summed E-state index contributed by atoms with van der Waals surface area (Å²) in [6, 6.07) is 9.56. The summed E-state index contributed by atoms with van der Waals surface area (Å²) in [6.45, 7) is 6.60. The molecular weight excluding hydrogens is 354 g/mol. The van der Waals surface area contributed by atoms with Crippen molar-refractivity contribution in [3.63, 3.8) is 0 Å². The second-order valence-corrected chi connectivity index (χ2v) is 7.17. The maximum absolute atomic E-state index is 13.3. The molecular formula is C22H23N3O3. The Bertz CT molecular complexity index is 947. The quantitative estimate of drug-likeness (QED) is 0.765. The molecule has 1 aromatic carbocycles. The predicted molar refractivity (Wildman–Crippen MR) is 105 cm³/mol. The van der Waals surface area contributed by atoms with Gasteiger partial charge < -0.3 is 9.64 Å². The van der Waals surface area contributed by atoms with Gasteiger partial charge in [0, 0.05) is 25.5 Å². The zero-order valence-electron chi connectivity index (χ0n) is 16.1. The van der Waals surface area contributed by atoms with E-state index in [0.29, 0.717) is 37.6 Å². The van der Waals surface area contributed by atoms with E-state index >= 15 is 0 Å². The van der Waals surface area contributed by atoms with Crippen LogP contribution < -0.4 is 0 Å². The Balaban J connectivity index is 1.76. The highest BCUT2D eigenvalue weighted by Crippen LogP contribution is 2.33. The van der Waals surface area contributed by atoms with Crippen LogP contribution in [0, 0.1) is 13.8 Å². The zero-order chi connectivity index (χ0) is 19.7. The van der Waals surface area contributed by atoms with Crippen molar-refractivity contribution in [2.75, 3.05) is 26.3 Å². The second-order valence-electron chi connectivity index (χ2n) is 7.17. The molecule has 2 aromatic rings. The van der Waals surface area contributed by atoms with Crippen LogP contribution in [0.15, 0.2) is 48.4 Å². The Kier molecular flexibility index (Phi) is 4.96. The summed E-state index contributed by atoms with van der Waals surface area (Å²) in [5.41, 5.74) is 4.90. The zero-order valence-corrected chi connectivity index (χ0v) is 16.1. The molecule has 1 fully saturated rings. The largest absolute Gasteiger partial charge is 0.378 e. The summed E-state index contributed by atoms with van der Waals surface area (Å²) in [6.07, 6.45) is 3.34. The van der Waals surface area contributed by atoms with Crippen molar-refractivity contribution in [1.29, 1.82) is 0 Å². The van der Waals surface area contributed by atoms with Gasteiger partial charge in [-0.3, -0.25) is 19.5 Å². The lowest BCUT2D eigenvalue weighted by molar-refractivity contribution is -0.138. The van der Waals surface area contributed by atoms with Crippen LogP contribution in [0.1, 0.15) is 22.3 Å². The number of pyridine rings is 1. The molecule has 28 heavy (non-hydrogen) atoms. The number of hydrogen-bond acceptors (Lipinski definition) is 5. The average molecular weight is 377 g/mol. The Morgan fingerprint density at radius 3 is 2.36 bits per heavy atom. The van der Waals surface area contributed by atoms with Gasteiger partial charge in [0.15, 0.2) is 0 Å². The van der Waals surface area contributed by atoms with Gasteiger partial charge in [0.05, 0.1) is 25.3 Å². The first-order valence-electron chi connectivity index (χ1n) is 9.46. The number of nitrogens with zero attached hydrogens (tertiary/aromatic N) is 3. The van der Waals surface area contributed by atoms with E-state index in [-0.39, 0.29) is 18.4 Å². The van der Waals surface area contributed by atoms with E-state index in [2.05, 4.69) is 4.98 Å². The maximum Gasteiger partial charge on any atom is 0.278 e. The van der Waals surface area contributed by atoms with Gasteiger partial charge in [0.25, 0.3) is 11.8 Å². The molecule has 0 N–H and O–H groups in total. The number of amides is 2. The van der Waals surface area contributed by atoms with Crippen LogP contribution in [-0.4, -0.2) is 52.9 Å². The van der Waals surface area contributed by atoms with Crippen LogP contribution in [0.25, 0.3) is 5.57 Å². The van der Waals surface area contributed by atoms with E-state index in [9.17, 15) is 9.59 Å². The third kappa shape index (κ3) is 3.31. The average Bonchev–Trinajstić information content (AvgIpc) is 2.96. The van der Waals surface area contributed by atoms with Gasteiger partial charge in [-0.2, -0.15) is 0 Å². The number of rotatable bonds is 4. The molecule has 1 aromatic heterocycles. The molecule has 0 aliphatic carbocycles. The number of carbonyl (C=O) groups is 2. The third-order valence-corrected chi connectivity index (χ3v) is 5.36. The van der Waals surface area contributed by atoms with Gasteiger partial charge in [-0.25, -0.2) is 0 Å². The Labute approximate surface area is 164 Å². The number of benzene rings is 1. The van der Waals surface area contributed by atoms with E-state index in [1.807, 2.05) is 49.1 Å². The van der Waals surface area contributed by atoms with Crippen molar-refractivity contribution in [2.45, 2.75) is 20.4 Å². The first-order valence-corrected chi connectivity index (χ1v) is 9.46. The second kappa shape index (κ2) is 7.56. The van der Waals surface area contributed by atoms with Crippen molar-refractivity contribution in [1.82, 2.24) is 14.8 Å². The van der Waals surface area contributed by atoms with E-state index in [1.54, 1.807) is 12.4 Å². The van der Waals surface area contributed by atoms with Crippen LogP contribution in [0.5, 0.6) is 0 Å². The first kappa shape index (κ1) is 18.4. The minimum Gasteiger partial charge on any atom is -0.378 e. The van der Waals surface area contributed by atoms with Gasteiger partial charge in [0.2, 0.25) is 0 Å². The first-order chi connectivity index (χ1) is 13.6. The standard InChI is InChI=1S/C22H23N3O3/c1-15-3-4-18(13-16(15)2)19-20(24-9-11-28-12-10-24)22(27)25(21(19)26)14-17-5-7-23-8-6-17/h3-8,13H,9-12,14H2,1-2H3. The molecule has 6 heteroatoms. The summed E-state index contributed by atoms with van der Waals surface area (Å²) < 4.78 is 5.44. The van der Waals surface area contributed by atoms with Crippen LogP contribution in [0.3, 0.4) is 0 Å². The fraction of sp³-hybridized carbons (Fsp3) is 0.318. The highest BCUT2D eigenvalue weighted by atomic mass is 16.5. The SMILES string of the molecule is Cc1ccc(C2=C(N3CCOCC3)C(=O)N(Cc3ccncc3)C2=O)cc1C. The summed E-state index contributed by atoms with van der Waals surface area (Å²) in [5, 5.41) is 0. The minimum atomic E-state index is -0.244. The number of carbonyl (C=O) groups excluding carboxylic acids is 2. The molecule has 0 radical (unpaired) electrons. The number of morpholine rings is 1. The van der Waals surface area contributed by atoms with Gasteiger partial charge in [0.1, 0.15) is 5.70 Å². The fourth-order valence-electron chi connectivity index (χ4n) is 3.62. The number of ether oxygens (including phenoxy) is 1. The molecule has 0 spiro atoms. The number of hydrogen-bond donors (Lipinski definition) is 0. The molecule has 3 heterocycles. The molecule has 2 aliphatic heterocycles. The summed E-state index contributed by atoms with van der Waals surface area (Å²) in [4.78, 5) is 34.0. The Morgan fingerprint density at radius 2 is 1.68 bits per heavy atom. The van der Waals surface area contributed by atoms with Crippen LogP contribution in [-0.2, 0) is 20.9 Å². The van der Waals surface area contributed by atoms with Crippen molar-refractivity contribution >= 4 is 17.4 Å². The molecule has 4 rings (SSSR count). The molecule has 0 atom stereocenters. The third-order valence-electron chi connectivity index (χ3n) is 5.36. The summed E-state index contributed by atoms with van der Waals surface area (Å²) in [7, 11) is 0. The molecule has 0 saturated carbocycles. The topological polar surface area (TPSA) is 62.7 Å². The molecule has 1 saturated heterocycles. The minimum absolute atomic E-state index is 0.238. The molecule has 6 nitrogen and oxygen atoms in total. The van der Waals surface area contributed by atoms with E-state index in [0.717, 1.165) is 22.3 Å². The van der Waals surface area contributed by atoms with Crippen molar-refractivity contribution in [3.05, 3.63) is 70.7 Å². The highest BCUT2D eigenvalue weighted by Gasteiger charge is 2.41. The maximum atomic E-state index is 13.3. The van der Waals surface area contributed by atoms with Gasteiger partial charge in [-0.15, -0.1) is 0 Å². The lowest BCUT2D eigenvalue weighted by Crippen LogP contribution is -2.40. The normalized spacial score (nSPS) is 17.6. The van der Waals surface area contributed by atoms with Crippen molar-refractivity contribution in [2.24, 2.45) is 0 Å². The van der Waals surface area contributed by atoms with Gasteiger partial charge in [-0.05, 0) is 48.2 Å². The van der Waals surface area contributed by atoms with Crippen LogP contribution in [0.2, 0.25) is 0 Å². The molecule has 144 valence electrons. The number of imide groups is 1. The Hall–Kier alpha value is -2.99. The summed E-state index contributed by atoms with van der Waals surface area (Å²) >= 11 is 0. The van der Waals surface area contributed by atoms with E-state index in [1.165, 1.54) is 4.90 Å². The van der Waals surface area contributed by atoms with Crippen molar-refractivity contribution in [3.8, 4) is 0 Å². The van der Waals surface area contributed by atoms with E-state index in [4.69, 9.17) is 4.74 Å². The fourth-order valence-corrected chi connectivity index (χ4v) is 3.62. The summed E-state index contributed by atoms with van der Waals surface area (Å²) in [5.74, 6) is -0.483. The Morgan fingerprint density at radius 1 is 0.964 bits per heavy atom. The lowest BCUT2D eigenvalue weighted by atomic mass is 9.99. The molecule has 0 unspecified atom stereocenters. The lowest BCUT2D eigenvalue weighted by Gasteiger charge is -2.29. The predicted octanol–water partition coefficient (Wildman–Crippen LogP) is 2.31. The molecule has 0 bridgehead atoms. The van der Waals surface area contributed by atoms with Gasteiger partial charge in [-0.1, -0.05) is 18.2 Å². The van der Waals surface area contributed by atoms with Crippen molar-refractivity contribution < 1.29 is 14.3 Å². The number of aryl methyl sites for hydroxylation is 2. The van der Waals surface area contributed by atoms with Crippen LogP contribution >= 0.6 is 0 Å². The van der Waals surface area contributed by atoms with Gasteiger partial charge >= 0.3 is 0 Å². The highest BCUT2D eigenvalue weighted by molar-refractivity contribution is 6.35. The van der Waals surface area contributed by atoms with E-state index < -0.39 is 0 Å².